The van der Waals surface area contributed by atoms with Crippen molar-refractivity contribution >= 4 is 23.2 Å². The number of amides is 2. The van der Waals surface area contributed by atoms with Crippen molar-refractivity contribution < 1.29 is 9.59 Å². The van der Waals surface area contributed by atoms with Crippen LogP contribution in [0.2, 0.25) is 0 Å². The van der Waals surface area contributed by atoms with Gasteiger partial charge in [0.05, 0.1) is 0 Å². The molecule has 1 atom stereocenters. The minimum Gasteiger partial charge on any atom is -0.353 e. The lowest BCUT2D eigenvalue weighted by molar-refractivity contribution is -0.135. The number of rotatable bonds is 6. The van der Waals surface area contributed by atoms with E-state index < -0.39 is 0 Å². The molecule has 2 amide bonds. The monoisotopic (exact) mass is 397 g/mol. The molecule has 2 aliphatic rings. The quantitative estimate of drug-likeness (QED) is 0.815. The van der Waals surface area contributed by atoms with Crippen molar-refractivity contribution in [1.29, 1.82) is 0 Å². The average molecular weight is 398 g/mol. The summed E-state index contributed by atoms with van der Waals surface area (Å²) < 4.78 is 0. The fourth-order valence-electron chi connectivity index (χ4n) is 4.05. The fraction of sp³-hybridized carbons (Fsp3) is 0.455. The summed E-state index contributed by atoms with van der Waals surface area (Å²) in [6.45, 7) is 6.04. The summed E-state index contributed by atoms with van der Waals surface area (Å²) in [5.41, 5.74) is 3.69. The van der Waals surface area contributed by atoms with Crippen molar-refractivity contribution in [2.75, 3.05) is 19.6 Å². The van der Waals surface area contributed by atoms with E-state index in [-0.39, 0.29) is 17.9 Å². The Kier molecular flexibility index (Phi) is 5.78. The van der Waals surface area contributed by atoms with Gasteiger partial charge in [-0.2, -0.15) is 0 Å². The van der Waals surface area contributed by atoms with Crippen LogP contribution in [-0.4, -0.2) is 47.3 Å². The first-order valence-corrected chi connectivity index (χ1v) is 10.9. The van der Waals surface area contributed by atoms with Crippen LogP contribution >= 0.6 is 11.3 Å². The number of benzene rings is 1. The molecule has 2 aliphatic heterocycles. The van der Waals surface area contributed by atoms with Gasteiger partial charge in [0, 0.05) is 44.0 Å². The highest BCUT2D eigenvalue weighted by Gasteiger charge is 2.35. The SMILES string of the molecule is Cc1ccc(CN2C(=O)CCC2C(=O)NCCN2CCc3sccc3C2)cc1. The molecule has 148 valence electrons. The zero-order valence-corrected chi connectivity index (χ0v) is 17.1. The molecule has 5 nitrogen and oxygen atoms in total. The second-order valence-electron chi connectivity index (χ2n) is 7.75. The Bertz CT molecular complexity index is 846. The van der Waals surface area contributed by atoms with Crippen molar-refractivity contribution in [3.63, 3.8) is 0 Å². The molecule has 1 aromatic carbocycles. The van der Waals surface area contributed by atoms with Crippen LogP contribution in [0.1, 0.15) is 34.4 Å². The maximum absolute atomic E-state index is 12.7. The van der Waals surface area contributed by atoms with Crippen molar-refractivity contribution in [3.05, 3.63) is 57.3 Å². The highest BCUT2D eigenvalue weighted by molar-refractivity contribution is 7.10. The number of fused-ring (bicyclic) bond motifs is 1. The number of nitrogens with one attached hydrogen (secondary N) is 1. The molecule has 28 heavy (non-hydrogen) atoms. The van der Waals surface area contributed by atoms with Gasteiger partial charge in [0.15, 0.2) is 0 Å². The number of thiophene rings is 1. The van der Waals surface area contributed by atoms with Crippen LogP contribution in [0.25, 0.3) is 0 Å². The van der Waals surface area contributed by atoms with Crippen LogP contribution in [0.3, 0.4) is 0 Å². The predicted octanol–water partition coefficient (Wildman–Crippen LogP) is 2.72. The summed E-state index contributed by atoms with van der Waals surface area (Å²) in [5, 5.41) is 5.23. The molecule has 1 N–H and O–H groups in total. The third-order valence-electron chi connectivity index (χ3n) is 5.72. The Balaban J connectivity index is 1.28. The van der Waals surface area contributed by atoms with E-state index in [0.717, 1.165) is 31.6 Å². The van der Waals surface area contributed by atoms with Crippen LogP contribution in [0.5, 0.6) is 0 Å². The minimum absolute atomic E-state index is 0.0220. The first kappa shape index (κ1) is 19.2. The molecule has 6 heteroatoms. The van der Waals surface area contributed by atoms with E-state index in [1.54, 1.807) is 4.90 Å². The Morgan fingerprint density at radius 1 is 1.21 bits per heavy atom. The molecule has 4 rings (SSSR count). The van der Waals surface area contributed by atoms with Gasteiger partial charge in [0.1, 0.15) is 6.04 Å². The number of carbonyl (C=O) groups is 2. The molecule has 0 aliphatic carbocycles. The molecule has 2 aromatic rings. The maximum Gasteiger partial charge on any atom is 0.242 e. The lowest BCUT2D eigenvalue weighted by atomic mass is 10.1. The van der Waals surface area contributed by atoms with Crippen molar-refractivity contribution in [2.24, 2.45) is 0 Å². The van der Waals surface area contributed by atoms with Crippen molar-refractivity contribution in [3.8, 4) is 0 Å². The molecule has 0 spiro atoms. The van der Waals surface area contributed by atoms with Gasteiger partial charge in [-0.05, 0) is 42.3 Å². The number of hydrogen-bond acceptors (Lipinski definition) is 4. The molecule has 0 bridgehead atoms. The van der Waals surface area contributed by atoms with E-state index in [0.29, 0.717) is 25.9 Å². The largest absolute Gasteiger partial charge is 0.353 e. The normalized spacial score (nSPS) is 19.7. The van der Waals surface area contributed by atoms with Gasteiger partial charge < -0.3 is 10.2 Å². The van der Waals surface area contributed by atoms with Crippen LogP contribution in [0, 0.1) is 6.92 Å². The molecule has 1 saturated heterocycles. The van der Waals surface area contributed by atoms with Gasteiger partial charge in [-0.3, -0.25) is 14.5 Å². The van der Waals surface area contributed by atoms with E-state index in [2.05, 4.69) is 21.7 Å². The van der Waals surface area contributed by atoms with E-state index >= 15 is 0 Å². The molecular formula is C22H27N3O2S. The number of likely N-dealkylation sites (tertiary alicyclic amines) is 1. The Morgan fingerprint density at radius 2 is 2.04 bits per heavy atom. The third kappa shape index (κ3) is 4.28. The summed E-state index contributed by atoms with van der Waals surface area (Å²) in [5.74, 6) is 0.0490. The molecule has 1 unspecified atom stereocenters. The average Bonchev–Trinajstić information content (AvgIpc) is 3.30. The fourth-order valence-corrected chi connectivity index (χ4v) is 4.94. The highest BCUT2D eigenvalue weighted by atomic mass is 32.1. The highest BCUT2D eigenvalue weighted by Crippen LogP contribution is 2.24. The Labute approximate surface area is 170 Å². The topological polar surface area (TPSA) is 52.7 Å². The summed E-state index contributed by atoms with van der Waals surface area (Å²) in [7, 11) is 0. The standard InChI is InChI=1S/C22H27N3O2S/c1-16-2-4-17(5-3-16)14-25-19(6-7-21(25)26)22(27)23-10-12-24-11-8-20-18(15-24)9-13-28-20/h2-5,9,13,19H,6-8,10-12,14-15H2,1H3,(H,23,27). The van der Waals surface area contributed by atoms with Gasteiger partial charge in [0.25, 0.3) is 0 Å². The van der Waals surface area contributed by atoms with Gasteiger partial charge >= 0.3 is 0 Å². The van der Waals surface area contributed by atoms with Crippen molar-refractivity contribution in [2.45, 2.75) is 45.3 Å². The van der Waals surface area contributed by atoms with Crippen LogP contribution in [-0.2, 0) is 29.1 Å². The number of aryl methyl sites for hydroxylation is 1. The zero-order valence-electron chi connectivity index (χ0n) is 16.3. The lowest BCUT2D eigenvalue weighted by Gasteiger charge is -2.28. The smallest absolute Gasteiger partial charge is 0.242 e. The van der Waals surface area contributed by atoms with Crippen LogP contribution in [0.15, 0.2) is 35.7 Å². The predicted molar refractivity (Wildman–Crippen MR) is 111 cm³/mol. The molecule has 0 radical (unpaired) electrons. The molecule has 1 aromatic heterocycles. The Morgan fingerprint density at radius 3 is 2.86 bits per heavy atom. The zero-order chi connectivity index (χ0) is 19.5. The number of carbonyl (C=O) groups excluding carboxylic acids is 2. The summed E-state index contributed by atoms with van der Waals surface area (Å²) >= 11 is 1.84. The second-order valence-corrected chi connectivity index (χ2v) is 8.75. The summed E-state index contributed by atoms with van der Waals surface area (Å²) in [4.78, 5) is 30.7. The Hall–Kier alpha value is -2.18. The van der Waals surface area contributed by atoms with E-state index in [4.69, 9.17) is 0 Å². The van der Waals surface area contributed by atoms with Crippen LogP contribution < -0.4 is 5.32 Å². The van der Waals surface area contributed by atoms with E-state index in [9.17, 15) is 9.59 Å². The molecule has 3 heterocycles. The molecule has 0 saturated carbocycles. The number of nitrogens with zero attached hydrogens (tertiary/aromatic N) is 2. The van der Waals surface area contributed by atoms with E-state index in [1.807, 2.05) is 42.5 Å². The third-order valence-corrected chi connectivity index (χ3v) is 6.74. The van der Waals surface area contributed by atoms with Crippen molar-refractivity contribution in [1.82, 2.24) is 15.1 Å². The first-order chi connectivity index (χ1) is 13.6. The van der Waals surface area contributed by atoms with Crippen LogP contribution in [0.4, 0.5) is 0 Å². The summed E-state index contributed by atoms with van der Waals surface area (Å²) in [6.07, 6.45) is 2.16. The van der Waals surface area contributed by atoms with E-state index in [1.165, 1.54) is 16.0 Å². The first-order valence-electron chi connectivity index (χ1n) is 10.0. The maximum atomic E-state index is 12.7. The van der Waals surface area contributed by atoms with Gasteiger partial charge in [-0.25, -0.2) is 0 Å². The minimum atomic E-state index is -0.348. The van der Waals surface area contributed by atoms with Gasteiger partial charge in [-0.1, -0.05) is 29.8 Å². The second kappa shape index (κ2) is 8.45. The van der Waals surface area contributed by atoms with Gasteiger partial charge in [-0.15, -0.1) is 11.3 Å². The van der Waals surface area contributed by atoms with Gasteiger partial charge in [0.2, 0.25) is 11.8 Å². The lowest BCUT2D eigenvalue weighted by Crippen LogP contribution is -2.46. The molecular weight excluding hydrogens is 370 g/mol. The number of hydrogen-bond donors (Lipinski definition) is 1. The summed E-state index contributed by atoms with van der Waals surface area (Å²) in [6, 6.07) is 10.0. The molecule has 1 fully saturated rings.